The second kappa shape index (κ2) is 8.57. The molecule has 1 aromatic carbocycles. The van der Waals surface area contributed by atoms with Gasteiger partial charge in [0, 0.05) is 0 Å². The van der Waals surface area contributed by atoms with Gasteiger partial charge in [-0.25, -0.2) is 0 Å². The molecule has 1 N–H and O–H groups in total. The molecule has 0 aromatic heterocycles. The van der Waals surface area contributed by atoms with Crippen LogP contribution in [0.4, 0.5) is 0 Å². The van der Waals surface area contributed by atoms with Crippen molar-refractivity contribution in [2.75, 3.05) is 6.61 Å². The highest BCUT2D eigenvalue weighted by Crippen LogP contribution is 2.16. The van der Waals surface area contributed by atoms with Crippen LogP contribution in [-0.2, 0) is 6.42 Å². The van der Waals surface area contributed by atoms with Crippen LogP contribution in [0.3, 0.4) is 0 Å². The summed E-state index contributed by atoms with van der Waals surface area (Å²) in [6, 6.07) is 8.19. The molecule has 0 heterocycles. The molecule has 0 unspecified atom stereocenters. The van der Waals surface area contributed by atoms with E-state index < -0.39 is 0 Å². The molecule has 0 spiro atoms. The molecular formula is C16H25NO2. The van der Waals surface area contributed by atoms with E-state index in [0.717, 1.165) is 43.8 Å². The van der Waals surface area contributed by atoms with Crippen molar-refractivity contribution in [3.63, 3.8) is 0 Å². The van der Waals surface area contributed by atoms with E-state index in [1.807, 2.05) is 19.1 Å². The van der Waals surface area contributed by atoms with Crippen molar-refractivity contribution >= 4 is 5.71 Å². The van der Waals surface area contributed by atoms with Gasteiger partial charge < -0.3 is 9.94 Å². The van der Waals surface area contributed by atoms with Crippen molar-refractivity contribution in [3.8, 4) is 5.75 Å². The van der Waals surface area contributed by atoms with Gasteiger partial charge in [0.05, 0.1) is 12.3 Å². The summed E-state index contributed by atoms with van der Waals surface area (Å²) in [4.78, 5) is 0. The normalized spacial score (nSPS) is 11.9. The molecule has 0 bridgehead atoms. The van der Waals surface area contributed by atoms with Gasteiger partial charge in [0.25, 0.3) is 0 Å². The first-order valence-corrected chi connectivity index (χ1v) is 7.08. The Bertz CT molecular complexity index is 380. The van der Waals surface area contributed by atoms with Crippen LogP contribution in [-0.4, -0.2) is 17.5 Å². The van der Waals surface area contributed by atoms with Gasteiger partial charge in [-0.05, 0) is 43.4 Å². The Morgan fingerprint density at radius 3 is 2.37 bits per heavy atom. The molecule has 0 saturated carbocycles. The second-order valence-corrected chi connectivity index (χ2v) is 4.97. The highest BCUT2D eigenvalue weighted by atomic mass is 16.5. The highest BCUT2D eigenvalue weighted by Gasteiger charge is 2.04. The molecule has 0 saturated heterocycles. The van der Waals surface area contributed by atoms with Crippen LogP contribution >= 0.6 is 0 Å². The number of ether oxygens (including phenoxy) is 1. The molecule has 19 heavy (non-hydrogen) atoms. The summed E-state index contributed by atoms with van der Waals surface area (Å²) >= 11 is 0. The molecule has 1 rings (SSSR count). The van der Waals surface area contributed by atoms with E-state index in [1.54, 1.807) is 0 Å². The fourth-order valence-corrected chi connectivity index (χ4v) is 1.87. The van der Waals surface area contributed by atoms with E-state index in [4.69, 9.17) is 9.94 Å². The minimum Gasteiger partial charge on any atom is -0.493 e. The lowest BCUT2D eigenvalue weighted by Crippen LogP contribution is -2.10. The first-order chi connectivity index (χ1) is 9.19. The largest absolute Gasteiger partial charge is 0.493 e. The Balaban J connectivity index is 2.43. The average molecular weight is 263 g/mol. The fourth-order valence-electron chi connectivity index (χ4n) is 1.87. The molecule has 0 radical (unpaired) electrons. The summed E-state index contributed by atoms with van der Waals surface area (Å²) in [5.74, 6) is 1.58. The quantitative estimate of drug-likeness (QED) is 0.432. The van der Waals surface area contributed by atoms with Crippen molar-refractivity contribution in [1.29, 1.82) is 0 Å². The lowest BCUT2D eigenvalue weighted by molar-refractivity contribution is 0.240. The van der Waals surface area contributed by atoms with Crippen molar-refractivity contribution in [2.24, 2.45) is 11.1 Å². The molecule has 3 nitrogen and oxygen atoms in total. The second-order valence-electron chi connectivity index (χ2n) is 4.97. The maximum absolute atomic E-state index is 8.59. The van der Waals surface area contributed by atoms with Crippen molar-refractivity contribution in [1.82, 2.24) is 0 Å². The summed E-state index contributed by atoms with van der Waals surface area (Å²) in [6.45, 7) is 7.02. The zero-order valence-corrected chi connectivity index (χ0v) is 12.2. The van der Waals surface area contributed by atoms with Gasteiger partial charge in [0.1, 0.15) is 5.75 Å². The highest BCUT2D eigenvalue weighted by molar-refractivity contribution is 5.81. The third kappa shape index (κ3) is 5.77. The number of rotatable bonds is 8. The summed E-state index contributed by atoms with van der Waals surface area (Å²) in [6.07, 6.45) is 4.00. The van der Waals surface area contributed by atoms with Crippen LogP contribution in [0.15, 0.2) is 29.4 Å². The molecule has 3 heteroatoms. The molecule has 0 fully saturated rings. The standard InChI is InChI=1S/C16H25NO2/c1-4-14(5-2)12-19-16-10-8-15(9-11-16)7-6-13(3)17-18/h8-11,14,18H,4-7,12H2,1-3H3/b17-13+. The average Bonchev–Trinajstić information content (AvgIpc) is 2.47. The van der Waals surface area contributed by atoms with Gasteiger partial charge >= 0.3 is 0 Å². The van der Waals surface area contributed by atoms with E-state index in [2.05, 4.69) is 31.1 Å². The molecule has 0 amide bonds. The Labute approximate surface area is 116 Å². The van der Waals surface area contributed by atoms with Gasteiger partial charge in [0.15, 0.2) is 0 Å². The molecule has 0 atom stereocenters. The van der Waals surface area contributed by atoms with Crippen molar-refractivity contribution in [2.45, 2.75) is 46.5 Å². The Hall–Kier alpha value is -1.51. The number of aryl methyl sites for hydroxylation is 1. The summed E-state index contributed by atoms with van der Waals surface area (Å²) in [5.41, 5.74) is 1.99. The maximum Gasteiger partial charge on any atom is 0.119 e. The first-order valence-electron chi connectivity index (χ1n) is 7.08. The minimum atomic E-state index is 0.642. The van der Waals surface area contributed by atoms with Crippen molar-refractivity contribution < 1.29 is 9.94 Å². The van der Waals surface area contributed by atoms with E-state index in [9.17, 15) is 0 Å². The molecule has 0 aliphatic rings. The first kappa shape index (κ1) is 15.5. The monoisotopic (exact) mass is 263 g/mol. The third-order valence-corrected chi connectivity index (χ3v) is 3.51. The van der Waals surface area contributed by atoms with Crippen LogP contribution in [0, 0.1) is 5.92 Å². The number of benzene rings is 1. The van der Waals surface area contributed by atoms with Crippen LogP contribution in [0.5, 0.6) is 5.75 Å². The van der Waals surface area contributed by atoms with Gasteiger partial charge in [-0.15, -0.1) is 0 Å². The number of hydrogen-bond acceptors (Lipinski definition) is 3. The number of nitrogens with zero attached hydrogens (tertiary/aromatic N) is 1. The zero-order chi connectivity index (χ0) is 14.1. The summed E-state index contributed by atoms with van der Waals surface area (Å²) in [5, 5.41) is 11.8. The predicted molar refractivity (Wildman–Crippen MR) is 79.2 cm³/mol. The Kier molecular flexibility index (Phi) is 7.01. The lowest BCUT2D eigenvalue weighted by atomic mass is 10.1. The summed E-state index contributed by atoms with van der Waals surface area (Å²) in [7, 11) is 0. The molecule has 0 aliphatic carbocycles. The van der Waals surface area contributed by atoms with Crippen LogP contribution in [0.25, 0.3) is 0 Å². The molecule has 1 aromatic rings. The van der Waals surface area contributed by atoms with Gasteiger partial charge in [-0.3, -0.25) is 0 Å². The maximum atomic E-state index is 8.59. The number of hydrogen-bond donors (Lipinski definition) is 1. The van der Waals surface area contributed by atoms with Gasteiger partial charge in [0.2, 0.25) is 0 Å². The van der Waals surface area contributed by atoms with Gasteiger partial charge in [-0.1, -0.05) is 44.0 Å². The Morgan fingerprint density at radius 1 is 1.21 bits per heavy atom. The minimum absolute atomic E-state index is 0.642. The van der Waals surface area contributed by atoms with Crippen LogP contribution in [0.2, 0.25) is 0 Å². The molecular weight excluding hydrogens is 238 g/mol. The molecule has 0 aliphatic heterocycles. The van der Waals surface area contributed by atoms with E-state index >= 15 is 0 Å². The van der Waals surface area contributed by atoms with E-state index in [-0.39, 0.29) is 0 Å². The van der Waals surface area contributed by atoms with Crippen LogP contribution in [0.1, 0.15) is 45.6 Å². The van der Waals surface area contributed by atoms with E-state index in [1.165, 1.54) is 5.56 Å². The Morgan fingerprint density at radius 2 is 1.84 bits per heavy atom. The smallest absolute Gasteiger partial charge is 0.119 e. The number of oxime groups is 1. The third-order valence-electron chi connectivity index (χ3n) is 3.51. The van der Waals surface area contributed by atoms with Gasteiger partial charge in [-0.2, -0.15) is 0 Å². The van der Waals surface area contributed by atoms with E-state index in [0.29, 0.717) is 5.92 Å². The zero-order valence-electron chi connectivity index (χ0n) is 12.2. The lowest BCUT2D eigenvalue weighted by Gasteiger charge is -2.13. The van der Waals surface area contributed by atoms with Crippen LogP contribution < -0.4 is 4.74 Å². The SMILES string of the molecule is CCC(CC)COc1ccc(CC/C(C)=N/O)cc1. The molecule has 106 valence electrons. The predicted octanol–water partition coefficient (Wildman–Crippen LogP) is 4.28. The summed E-state index contributed by atoms with van der Waals surface area (Å²) < 4.78 is 5.79. The van der Waals surface area contributed by atoms with Crippen molar-refractivity contribution in [3.05, 3.63) is 29.8 Å². The topological polar surface area (TPSA) is 41.8 Å². The fraction of sp³-hybridized carbons (Fsp3) is 0.562.